The van der Waals surface area contributed by atoms with E-state index in [1.165, 1.54) is 11.3 Å². The van der Waals surface area contributed by atoms with Gasteiger partial charge < -0.3 is 0 Å². The maximum absolute atomic E-state index is 12.2. The minimum atomic E-state index is -0.206. The molecule has 0 radical (unpaired) electrons. The van der Waals surface area contributed by atoms with E-state index in [0.717, 1.165) is 16.9 Å². The summed E-state index contributed by atoms with van der Waals surface area (Å²) < 4.78 is 1.71. The zero-order valence-electron chi connectivity index (χ0n) is 13.3. The first kappa shape index (κ1) is 16.4. The average molecular weight is 382 g/mol. The van der Waals surface area contributed by atoms with Crippen molar-refractivity contribution in [1.29, 1.82) is 0 Å². The number of amides is 1. The molecule has 26 heavy (non-hydrogen) atoms. The van der Waals surface area contributed by atoms with Crippen LogP contribution in [0.2, 0.25) is 5.02 Å². The lowest BCUT2D eigenvalue weighted by Crippen LogP contribution is -2.11. The number of hydrogen-bond donors (Lipinski definition) is 1. The Kier molecular flexibility index (Phi) is 4.47. The maximum Gasteiger partial charge on any atom is 0.257 e. The smallest absolute Gasteiger partial charge is 0.257 e. The fourth-order valence-electron chi connectivity index (χ4n) is 2.45. The monoisotopic (exact) mass is 381 g/mol. The maximum atomic E-state index is 12.2. The number of nitrogens with zero attached hydrogens (tertiary/aromatic N) is 4. The zero-order chi connectivity index (χ0) is 17.9. The van der Waals surface area contributed by atoms with Crippen LogP contribution in [0.5, 0.6) is 0 Å². The van der Waals surface area contributed by atoms with Crippen LogP contribution in [0.25, 0.3) is 16.9 Å². The van der Waals surface area contributed by atoms with Gasteiger partial charge in [0.25, 0.3) is 5.91 Å². The molecule has 0 saturated heterocycles. The number of rotatable bonds is 4. The van der Waals surface area contributed by atoms with Crippen molar-refractivity contribution in [3.8, 4) is 16.9 Å². The molecule has 8 heteroatoms. The summed E-state index contributed by atoms with van der Waals surface area (Å²) in [6.45, 7) is 0. The summed E-state index contributed by atoms with van der Waals surface area (Å²) in [5.74, 6) is -0.206. The molecule has 0 atom stereocenters. The molecule has 4 rings (SSSR count). The lowest BCUT2D eigenvalue weighted by Gasteiger charge is -2.08. The van der Waals surface area contributed by atoms with Crippen molar-refractivity contribution in [2.75, 3.05) is 5.32 Å². The molecule has 6 nitrogen and oxygen atoms in total. The van der Waals surface area contributed by atoms with Crippen LogP contribution in [0.15, 0.2) is 66.3 Å². The summed E-state index contributed by atoms with van der Waals surface area (Å²) in [6, 6.07) is 14.6. The highest BCUT2D eigenvalue weighted by Gasteiger charge is 2.11. The van der Waals surface area contributed by atoms with E-state index in [0.29, 0.717) is 15.7 Å². The predicted octanol–water partition coefficient (Wildman–Crippen LogP) is 4.30. The molecule has 2 heterocycles. The van der Waals surface area contributed by atoms with Gasteiger partial charge in [-0.25, -0.2) is 9.67 Å². The van der Waals surface area contributed by atoms with Crippen LogP contribution in [0.3, 0.4) is 0 Å². The van der Waals surface area contributed by atoms with E-state index in [1.807, 2.05) is 41.8 Å². The van der Waals surface area contributed by atoms with Crippen LogP contribution >= 0.6 is 22.9 Å². The first-order chi connectivity index (χ1) is 12.7. The average Bonchev–Trinajstić information content (AvgIpc) is 3.34. The summed E-state index contributed by atoms with van der Waals surface area (Å²) in [4.78, 5) is 16.3. The molecular weight excluding hydrogens is 370 g/mol. The minimum Gasteiger partial charge on any atom is -0.298 e. The fraction of sp³-hybridized carbons (Fsp3) is 0. The Balaban J connectivity index is 1.59. The Bertz CT molecular complexity index is 1030. The molecule has 0 aliphatic carbocycles. The largest absolute Gasteiger partial charge is 0.298 e. The molecule has 0 aliphatic rings. The van der Waals surface area contributed by atoms with Gasteiger partial charge in [-0.2, -0.15) is 0 Å². The number of nitrogens with one attached hydrogen (secondary N) is 1. The summed E-state index contributed by atoms with van der Waals surface area (Å²) in [5.41, 5.74) is 3.13. The van der Waals surface area contributed by atoms with Gasteiger partial charge in [-0.3, -0.25) is 10.1 Å². The molecule has 1 amide bonds. The third-order valence-corrected chi connectivity index (χ3v) is 4.66. The van der Waals surface area contributed by atoms with Crippen LogP contribution in [0.4, 0.5) is 5.13 Å². The quantitative estimate of drug-likeness (QED) is 0.572. The number of aromatic nitrogens is 4. The second kappa shape index (κ2) is 7.07. The zero-order valence-corrected chi connectivity index (χ0v) is 14.9. The molecule has 0 bridgehead atoms. The lowest BCUT2D eigenvalue weighted by atomic mass is 10.1. The molecule has 1 N–H and O–H groups in total. The van der Waals surface area contributed by atoms with Crippen molar-refractivity contribution in [2.45, 2.75) is 0 Å². The molecule has 0 spiro atoms. The van der Waals surface area contributed by atoms with Crippen LogP contribution in [0.1, 0.15) is 10.4 Å². The van der Waals surface area contributed by atoms with Gasteiger partial charge in [-0.15, -0.1) is 16.4 Å². The Morgan fingerprint density at radius 3 is 2.54 bits per heavy atom. The van der Waals surface area contributed by atoms with Crippen molar-refractivity contribution in [2.24, 2.45) is 0 Å². The predicted molar refractivity (Wildman–Crippen MR) is 102 cm³/mol. The van der Waals surface area contributed by atoms with Gasteiger partial charge >= 0.3 is 0 Å². The number of anilines is 1. The first-order valence-corrected chi connectivity index (χ1v) is 8.94. The van der Waals surface area contributed by atoms with Gasteiger partial charge in [0, 0.05) is 27.7 Å². The standard InChI is InChI=1S/C18H12ClN5OS/c19-14-5-1-12(2-6-14)16-11-21-23-24(16)15-7-3-13(4-8-15)17(25)22-18-20-9-10-26-18/h1-11H,(H,20,22,25). The van der Waals surface area contributed by atoms with Crippen molar-refractivity contribution in [1.82, 2.24) is 20.0 Å². The van der Waals surface area contributed by atoms with Crippen LogP contribution in [-0.2, 0) is 0 Å². The lowest BCUT2D eigenvalue weighted by molar-refractivity contribution is 0.102. The van der Waals surface area contributed by atoms with Gasteiger partial charge in [0.15, 0.2) is 5.13 Å². The summed E-state index contributed by atoms with van der Waals surface area (Å²) >= 11 is 7.32. The van der Waals surface area contributed by atoms with Gasteiger partial charge in [0.1, 0.15) is 0 Å². The summed E-state index contributed by atoms with van der Waals surface area (Å²) in [5, 5.41) is 13.9. The SMILES string of the molecule is O=C(Nc1nccs1)c1ccc(-n2nncc2-c2ccc(Cl)cc2)cc1. The molecular formula is C18H12ClN5OS. The van der Waals surface area contributed by atoms with E-state index in [9.17, 15) is 4.79 Å². The number of carbonyl (C=O) groups is 1. The molecule has 4 aromatic rings. The number of benzene rings is 2. The van der Waals surface area contributed by atoms with Crippen molar-refractivity contribution in [3.63, 3.8) is 0 Å². The fourth-order valence-corrected chi connectivity index (χ4v) is 3.10. The molecule has 0 unspecified atom stereocenters. The minimum absolute atomic E-state index is 0.206. The van der Waals surface area contributed by atoms with E-state index in [2.05, 4.69) is 20.6 Å². The van der Waals surface area contributed by atoms with E-state index < -0.39 is 0 Å². The van der Waals surface area contributed by atoms with Crippen molar-refractivity contribution in [3.05, 3.63) is 76.9 Å². The van der Waals surface area contributed by atoms with Crippen LogP contribution < -0.4 is 5.32 Å². The van der Waals surface area contributed by atoms with E-state index >= 15 is 0 Å². The Hall–Kier alpha value is -3.03. The second-order valence-electron chi connectivity index (χ2n) is 5.38. The van der Waals surface area contributed by atoms with Crippen LogP contribution in [0, 0.1) is 0 Å². The number of halogens is 1. The number of hydrogen-bond acceptors (Lipinski definition) is 5. The van der Waals surface area contributed by atoms with Crippen molar-refractivity contribution >= 4 is 34.0 Å². The van der Waals surface area contributed by atoms with E-state index in [4.69, 9.17) is 11.6 Å². The Labute approximate surface area is 158 Å². The molecule has 0 saturated carbocycles. The van der Waals surface area contributed by atoms with E-state index in [-0.39, 0.29) is 5.91 Å². The van der Waals surface area contributed by atoms with Gasteiger partial charge in [-0.1, -0.05) is 28.9 Å². The summed E-state index contributed by atoms with van der Waals surface area (Å²) in [7, 11) is 0. The third-order valence-electron chi connectivity index (χ3n) is 3.72. The molecule has 2 aromatic carbocycles. The highest BCUT2D eigenvalue weighted by Crippen LogP contribution is 2.23. The first-order valence-electron chi connectivity index (χ1n) is 7.68. The number of carbonyl (C=O) groups excluding carboxylic acids is 1. The molecule has 128 valence electrons. The summed E-state index contributed by atoms with van der Waals surface area (Å²) in [6.07, 6.45) is 3.33. The van der Waals surface area contributed by atoms with Gasteiger partial charge in [-0.05, 0) is 36.4 Å². The third kappa shape index (κ3) is 3.35. The molecule has 2 aromatic heterocycles. The molecule has 0 aliphatic heterocycles. The Morgan fingerprint density at radius 2 is 1.85 bits per heavy atom. The van der Waals surface area contributed by atoms with Gasteiger partial charge in [0.05, 0.1) is 17.6 Å². The normalized spacial score (nSPS) is 10.7. The molecule has 0 fully saturated rings. The highest BCUT2D eigenvalue weighted by molar-refractivity contribution is 7.13. The Morgan fingerprint density at radius 1 is 1.08 bits per heavy atom. The van der Waals surface area contributed by atoms with Gasteiger partial charge in [0.2, 0.25) is 0 Å². The van der Waals surface area contributed by atoms with Crippen LogP contribution in [-0.4, -0.2) is 25.9 Å². The van der Waals surface area contributed by atoms with Crippen molar-refractivity contribution < 1.29 is 4.79 Å². The second-order valence-corrected chi connectivity index (χ2v) is 6.71. The van der Waals surface area contributed by atoms with E-state index in [1.54, 1.807) is 29.2 Å². The highest BCUT2D eigenvalue weighted by atomic mass is 35.5. The topological polar surface area (TPSA) is 72.7 Å². The number of thiazole rings is 1.